The fourth-order valence-corrected chi connectivity index (χ4v) is 2.63. The van der Waals surface area contributed by atoms with E-state index in [1.165, 1.54) is 18.4 Å². The van der Waals surface area contributed by atoms with Crippen LogP contribution in [-0.4, -0.2) is 11.4 Å². The Hall–Kier alpha value is -0.240. The lowest BCUT2D eigenvalue weighted by Gasteiger charge is -2.26. The molecule has 1 N–H and O–H groups in total. The Balaban J connectivity index is 1.79. The average molecular weight is 258 g/mol. The minimum absolute atomic E-state index is 0.393. The Morgan fingerprint density at radius 3 is 2.62 bits per heavy atom. The van der Waals surface area contributed by atoms with Gasteiger partial charge >= 0.3 is 0 Å². The zero-order valence-corrected chi connectivity index (χ0v) is 10.8. The number of halogens is 2. The van der Waals surface area contributed by atoms with Crippen LogP contribution in [0.15, 0.2) is 24.3 Å². The van der Waals surface area contributed by atoms with Gasteiger partial charge in [0.05, 0.1) is 0 Å². The molecule has 1 aliphatic carbocycles. The smallest absolute Gasteiger partial charge is 0.0409 e. The fourth-order valence-electron chi connectivity index (χ4n) is 2.17. The molecule has 1 fully saturated rings. The van der Waals surface area contributed by atoms with E-state index in [0.717, 1.165) is 24.4 Å². The number of benzene rings is 1. The first kappa shape index (κ1) is 12.2. The molecule has 0 unspecified atom stereocenters. The normalized spacial score (nSPS) is 25.6. The predicted molar refractivity (Wildman–Crippen MR) is 70.2 cm³/mol. The first-order chi connectivity index (χ1) is 7.74. The number of hydrogen-bond acceptors (Lipinski definition) is 1. The van der Waals surface area contributed by atoms with Crippen LogP contribution in [0.5, 0.6) is 0 Å². The van der Waals surface area contributed by atoms with Gasteiger partial charge < -0.3 is 5.32 Å². The molecule has 0 atom stereocenters. The summed E-state index contributed by atoms with van der Waals surface area (Å²) in [4.78, 5) is 0. The second-order valence-corrected chi connectivity index (χ2v) is 5.51. The summed E-state index contributed by atoms with van der Waals surface area (Å²) in [6.45, 7) is 0.901. The Morgan fingerprint density at radius 1 is 1.19 bits per heavy atom. The van der Waals surface area contributed by atoms with Crippen molar-refractivity contribution in [1.82, 2.24) is 5.32 Å². The molecule has 1 aliphatic rings. The summed E-state index contributed by atoms with van der Waals surface area (Å²) in [5.41, 5.74) is 1.25. The van der Waals surface area contributed by atoms with E-state index in [2.05, 4.69) is 11.4 Å². The van der Waals surface area contributed by atoms with Gasteiger partial charge in [-0.15, -0.1) is 11.6 Å². The third kappa shape index (κ3) is 3.65. The lowest BCUT2D eigenvalue weighted by atomic mass is 9.95. The molecule has 1 nitrogen and oxygen atoms in total. The second-order valence-electron chi connectivity index (χ2n) is 4.46. The lowest BCUT2D eigenvalue weighted by molar-refractivity contribution is 0.376. The van der Waals surface area contributed by atoms with Crippen LogP contribution in [0.1, 0.15) is 31.2 Å². The van der Waals surface area contributed by atoms with Crippen LogP contribution in [0.2, 0.25) is 5.02 Å². The molecule has 0 bridgehead atoms. The third-order valence-corrected chi connectivity index (χ3v) is 3.81. The Labute approximate surface area is 107 Å². The molecular formula is C13H17Cl2N. The van der Waals surface area contributed by atoms with Gasteiger partial charge in [-0.2, -0.15) is 0 Å². The number of hydrogen-bond donors (Lipinski definition) is 1. The summed E-state index contributed by atoms with van der Waals surface area (Å²) in [6.07, 6.45) is 4.65. The van der Waals surface area contributed by atoms with Gasteiger partial charge in [0.25, 0.3) is 0 Å². The van der Waals surface area contributed by atoms with Gasteiger partial charge in [-0.25, -0.2) is 0 Å². The Morgan fingerprint density at radius 2 is 1.94 bits per heavy atom. The van der Waals surface area contributed by atoms with Crippen molar-refractivity contribution in [2.75, 3.05) is 0 Å². The summed E-state index contributed by atoms with van der Waals surface area (Å²) >= 11 is 12.0. The van der Waals surface area contributed by atoms with E-state index < -0.39 is 0 Å². The minimum atomic E-state index is 0.393. The van der Waals surface area contributed by atoms with E-state index in [4.69, 9.17) is 23.2 Å². The summed E-state index contributed by atoms with van der Waals surface area (Å²) in [7, 11) is 0. The Bertz CT molecular complexity index is 332. The summed E-state index contributed by atoms with van der Waals surface area (Å²) in [6, 6.07) is 8.64. The summed E-state index contributed by atoms with van der Waals surface area (Å²) in [5, 5.41) is 4.77. The largest absolute Gasteiger partial charge is 0.310 e. The number of rotatable bonds is 3. The zero-order valence-electron chi connectivity index (χ0n) is 9.26. The zero-order chi connectivity index (χ0) is 11.4. The van der Waals surface area contributed by atoms with E-state index >= 15 is 0 Å². The van der Waals surface area contributed by atoms with E-state index in [1.54, 1.807) is 0 Å². The molecule has 1 aromatic carbocycles. The molecule has 0 aliphatic heterocycles. The SMILES string of the molecule is Clc1cccc(CNC2CCC(Cl)CC2)c1. The van der Waals surface area contributed by atoms with E-state index in [1.807, 2.05) is 18.2 Å². The maximum Gasteiger partial charge on any atom is 0.0409 e. The Kier molecular flexibility index (Phi) is 4.51. The molecule has 0 saturated heterocycles. The first-order valence-electron chi connectivity index (χ1n) is 5.86. The number of alkyl halides is 1. The molecule has 16 heavy (non-hydrogen) atoms. The van der Waals surface area contributed by atoms with Crippen molar-refractivity contribution in [3.05, 3.63) is 34.9 Å². The molecule has 0 spiro atoms. The molecule has 0 amide bonds. The van der Waals surface area contributed by atoms with Crippen molar-refractivity contribution in [3.63, 3.8) is 0 Å². The van der Waals surface area contributed by atoms with Crippen LogP contribution >= 0.6 is 23.2 Å². The second kappa shape index (κ2) is 5.90. The van der Waals surface area contributed by atoms with Gasteiger partial charge in [0.1, 0.15) is 0 Å². The standard InChI is InChI=1S/C13H17Cl2N/c14-11-4-6-13(7-5-11)16-9-10-2-1-3-12(15)8-10/h1-3,8,11,13,16H,4-7,9H2. The maximum atomic E-state index is 6.07. The summed E-state index contributed by atoms with van der Waals surface area (Å²) < 4.78 is 0. The highest BCUT2D eigenvalue weighted by Gasteiger charge is 2.18. The lowest BCUT2D eigenvalue weighted by Crippen LogP contribution is -2.32. The van der Waals surface area contributed by atoms with Gasteiger partial charge in [-0.3, -0.25) is 0 Å². The van der Waals surface area contributed by atoms with Crippen molar-refractivity contribution in [2.24, 2.45) is 0 Å². The average Bonchev–Trinajstić information content (AvgIpc) is 2.28. The molecular weight excluding hydrogens is 241 g/mol. The first-order valence-corrected chi connectivity index (χ1v) is 6.67. The van der Waals surface area contributed by atoms with Gasteiger partial charge in [-0.1, -0.05) is 23.7 Å². The van der Waals surface area contributed by atoms with Gasteiger partial charge in [-0.05, 0) is 43.4 Å². The predicted octanol–water partition coefficient (Wildman–Crippen LogP) is 3.98. The van der Waals surface area contributed by atoms with Crippen molar-refractivity contribution in [3.8, 4) is 0 Å². The van der Waals surface area contributed by atoms with Crippen LogP contribution in [-0.2, 0) is 6.54 Å². The van der Waals surface area contributed by atoms with Gasteiger partial charge in [0, 0.05) is 23.0 Å². The van der Waals surface area contributed by atoms with Crippen LogP contribution in [0.3, 0.4) is 0 Å². The van der Waals surface area contributed by atoms with Crippen molar-refractivity contribution in [2.45, 2.75) is 43.6 Å². The highest BCUT2D eigenvalue weighted by molar-refractivity contribution is 6.30. The molecule has 88 valence electrons. The molecule has 0 radical (unpaired) electrons. The van der Waals surface area contributed by atoms with Crippen molar-refractivity contribution < 1.29 is 0 Å². The van der Waals surface area contributed by atoms with Crippen LogP contribution < -0.4 is 5.32 Å². The highest BCUT2D eigenvalue weighted by atomic mass is 35.5. The molecule has 0 heterocycles. The molecule has 1 saturated carbocycles. The van der Waals surface area contributed by atoms with E-state index in [-0.39, 0.29) is 0 Å². The third-order valence-electron chi connectivity index (χ3n) is 3.14. The van der Waals surface area contributed by atoms with E-state index in [0.29, 0.717) is 11.4 Å². The van der Waals surface area contributed by atoms with Crippen LogP contribution in [0, 0.1) is 0 Å². The van der Waals surface area contributed by atoms with Crippen molar-refractivity contribution >= 4 is 23.2 Å². The topological polar surface area (TPSA) is 12.0 Å². The van der Waals surface area contributed by atoms with Gasteiger partial charge in [0.15, 0.2) is 0 Å². The molecule has 3 heteroatoms. The number of nitrogens with one attached hydrogen (secondary N) is 1. The molecule has 0 aromatic heterocycles. The monoisotopic (exact) mass is 257 g/mol. The molecule has 1 aromatic rings. The van der Waals surface area contributed by atoms with Crippen molar-refractivity contribution in [1.29, 1.82) is 0 Å². The minimum Gasteiger partial charge on any atom is -0.310 e. The maximum absolute atomic E-state index is 6.07. The van der Waals surface area contributed by atoms with Gasteiger partial charge in [0.2, 0.25) is 0 Å². The fraction of sp³-hybridized carbons (Fsp3) is 0.538. The summed E-state index contributed by atoms with van der Waals surface area (Å²) in [5.74, 6) is 0. The van der Waals surface area contributed by atoms with Crippen LogP contribution in [0.4, 0.5) is 0 Å². The van der Waals surface area contributed by atoms with E-state index in [9.17, 15) is 0 Å². The quantitative estimate of drug-likeness (QED) is 0.808. The molecule has 2 rings (SSSR count). The van der Waals surface area contributed by atoms with Crippen LogP contribution in [0.25, 0.3) is 0 Å². The highest BCUT2D eigenvalue weighted by Crippen LogP contribution is 2.23.